The van der Waals surface area contributed by atoms with Crippen molar-refractivity contribution in [3.8, 4) is 5.82 Å². The highest BCUT2D eigenvalue weighted by Gasteiger charge is 2.21. The second-order valence-corrected chi connectivity index (χ2v) is 6.75. The van der Waals surface area contributed by atoms with Crippen LogP contribution in [0.4, 0.5) is 5.95 Å². The van der Waals surface area contributed by atoms with Gasteiger partial charge in [-0.25, -0.2) is 19.9 Å². The van der Waals surface area contributed by atoms with Gasteiger partial charge in [-0.15, -0.1) is 0 Å². The molecular formula is C20H25N9. The van der Waals surface area contributed by atoms with Crippen molar-refractivity contribution in [1.82, 2.24) is 34.7 Å². The standard InChI is InChI=1S/C20H25N9/c1-16-22-9-10-29(16)18-17(5-3-6-23-18)15-26-19(21-2)27-11-13-28(14-12-27)20-24-7-4-8-25-20/h3-10H,11-15H2,1-2H3,(H,21,26). The Hall–Kier alpha value is -3.49. The molecule has 3 aromatic rings. The van der Waals surface area contributed by atoms with Gasteiger partial charge in [-0.3, -0.25) is 9.56 Å². The molecule has 0 radical (unpaired) electrons. The van der Waals surface area contributed by atoms with Gasteiger partial charge in [0.1, 0.15) is 11.6 Å². The van der Waals surface area contributed by atoms with E-state index in [-0.39, 0.29) is 0 Å². The van der Waals surface area contributed by atoms with Crippen LogP contribution in [-0.4, -0.2) is 68.6 Å². The van der Waals surface area contributed by atoms with E-state index in [9.17, 15) is 0 Å². The molecule has 9 heteroatoms. The van der Waals surface area contributed by atoms with Gasteiger partial charge in [-0.2, -0.15) is 0 Å². The van der Waals surface area contributed by atoms with Gasteiger partial charge in [0.05, 0.1) is 0 Å². The summed E-state index contributed by atoms with van der Waals surface area (Å²) in [6, 6.07) is 5.87. The molecule has 0 atom stereocenters. The van der Waals surface area contributed by atoms with Gasteiger partial charge in [0.25, 0.3) is 0 Å². The number of pyridine rings is 1. The van der Waals surface area contributed by atoms with Crippen molar-refractivity contribution in [1.29, 1.82) is 0 Å². The smallest absolute Gasteiger partial charge is 0.225 e. The fourth-order valence-corrected chi connectivity index (χ4v) is 3.47. The summed E-state index contributed by atoms with van der Waals surface area (Å²) in [6.07, 6.45) is 9.08. The first-order valence-corrected chi connectivity index (χ1v) is 9.68. The SMILES string of the molecule is CN=C(NCc1cccnc1-n1ccnc1C)N1CCN(c2ncccn2)CC1. The number of imidazole rings is 1. The quantitative estimate of drug-likeness (QED) is 0.529. The predicted octanol–water partition coefficient (Wildman–Crippen LogP) is 1.26. The van der Waals surface area contributed by atoms with E-state index in [4.69, 9.17) is 0 Å². The third-order valence-corrected chi connectivity index (χ3v) is 4.98. The van der Waals surface area contributed by atoms with Crippen LogP contribution in [0, 0.1) is 6.92 Å². The number of aromatic nitrogens is 5. The summed E-state index contributed by atoms with van der Waals surface area (Å²) in [6.45, 7) is 6.04. The second-order valence-electron chi connectivity index (χ2n) is 6.75. The molecule has 0 saturated carbocycles. The number of anilines is 1. The molecule has 150 valence electrons. The lowest BCUT2D eigenvalue weighted by Crippen LogP contribution is -2.52. The van der Waals surface area contributed by atoms with Crippen molar-refractivity contribution in [2.75, 3.05) is 38.1 Å². The number of aryl methyl sites for hydroxylation is 1. The molecule has 1 N–H and O–H groups in total. The average Bonchev–Trinajstić information content (AvgIpc) is 3.21. The molecule has 0 unspecified atom stereocenters. The molecule has 1 saturated heterocycles. The summed E-state index contributed by atoms with van der Waals surface area (Å²) in [5, 5.41) is 3.48. The van der Waals surface area contributed by atoms with E-state index in [1.54, 1.807) is 24.8 Å². The van der Waals surface area contributed by atoms with Crippen molar-refractivity contribution >= 4 is 11.9 Å². The van der Waals surface area contributed by atoms with Crippen LogP contribution in [0.2, 0.25) is 0 Å². The highest BCUT2D eigenvalue weighted by molar-refractivity contribution is 5.80. The van der Waals surface area contributed by atoms with Crippen LogP contribution in [0.5, 0.6) is 0 Å². The molecule has 9 nitrogen and oxygen atoms in total. The van der Waals surface area contributed by atoms with Crippen LogP contribution < -0.4 is 10.2 Å². The number of guanidine groups is 1. The van der Waals surface area contributed by atoms with Gasteiger partial charge in [0, 0.05) is 76.3 Å². The molecule has 0 aliphatic carbocycles. The molecule has 4 rings (SSSR count). The van der Waals surface area contributed by atoms with Crippen LogP contribution in [0.1, 0.15) is 11.4 Å². The second kappa shape index (κ2) is 8.68. The number of nitrogens with one attached hydrogen (secondary N) is 1. The fourth-order valence-electron chi connectivity index (χ4n) is 3.47. The molecule has 4 heterocycles. The Bertz CT molecular complexity index is 959. The third-order valence-electron chi connectivity index (χ3n) is 4.98. The van der Waals surface area contributed by atoms with Gasteiger partial charge < -0.3 is 15.1 Å². The molecule has 0 aromatic carbocycles. The summed E-state index contributed by atoms with van der Waals surface area (Å²) in [4.78, 5) is 26.5. The van der Waals surface area contributed by atoms with Crippen LogP contribution in [0.15, 0.2) is 54.2 Å². The predicted molar refractivity (Wildman–Crippen MR) is 112 cm³/mol. The highest BCUT2D eigenvalue weighted by Crippen LogP contribution is 2.14. The van der Waals surface area contributed by atoms with Crippen LogP contribution >= 0.6 is 0 Å². The number of aliphatic imine (C=N–C) groups is 1. The van der Waals surface area contributed by atoms with E-state index in [2.05, 4.69) is 46.1 Å². The first-order valence-electron chi connectivity index (χ1n) is 9.68. The van der Waals surface area contributed by atoms with Gasteiger partial charge in [-0.05, 0) is 19.1 Å². The summed E-state index contributed by atoms with van der Waals surface area (Å²) in [7, 11) is 1.82. The van der Waals surface area contributed by atoms with Crippen molar-refractivity contribution in [3.05, 3.63) is 60.6 Å². The zero-order chi connectivity index (χ0) is 20.1. The number of hydrogen-bond acceptors (Lipinski definition) is 6. The van der Waals surface area contributed by atoms with Crippen LogP contribution in [-0.2, 0) is 6.54 Å². The minimum absolute atomic E-state index is 0.634. The monoisotopic (exact) mass is 391 g/mol. The Balaban J connectivity index is 1.40. The number of nitrogens with zero attached hydrogens (tertiary/aromatic N) is 8. The maximum atomic E-state index is 4.55. The topological polar surface area (TPSA) is 87.4 Å². The van der Waals surface area contributed by atoms with Crippen molar-refractivity contribution in [2.45, 2.75) is 13.5 Å². The first kappa shape index (κ1) is 18.9. The maximum Gasteiger partial charge on any atom is 0.225 e. The molecule has 29 heavy (non-hydrogen) atoms. The Morgan fingerprint density at radius 2 is 1.76 bits per heavy atom. The van der Waals surface area contributed by atoms with E-state index in [0.717, 1.165) is 55.3 Å². The van der Waals surface area contributed by atoms with Gasteiger partial charge in [-0.1, -0.05) is 6.07 Å². The van der Waals surface area contributed by atoms with Crippen molar-refractivity contribution in [2.24, 2.45) is 4.99 Å². The molecule has 0 spiro atoms. The van der Waals surface area contributed by atoms with Crippen LogP contribution in [0.25, 0.3) is 5.82 Å². The lowest BCUT2D eigenvalue weighted by Gasteiger charge is -2.36. The zero-order valence-electron chi connectivity index (χ0n) is 16.7. The number of piperazine rings is 1. The summed E-state index contributed by atoms with van der Waals surface area (Å²) in [5.41, 5.74) is 1.09. The lowest BCUT2D eigenvalue weighted by molar-refractivity contribution is 0.370. The van der Waals surface area contributed by atoms with E-state index in [1.165, 1.54) is 0 Å². The zero-order valence-corrected chi connectivity index (χ0v) is 16.7. The summed E-state index contributed by atoms with van der Waals surface area (Å²) < 4.78 is 2.00. The molecular weight excluding hydrogens is 366 g/mol. The average molecular weight is 391 g/mol. The van der Waals surface area contributed by atoms with Crippen LogP contribution in [0.3, 0.4) is 0 Å². The Kier molecular flexibility index (Phi) is 5.64. The minimum atomic E-state index is 0.634. The van der Waals surface area contributed by atoms with Gasteiger partial charge in [0.2, 0.25) is 5.95 Å². The third kappa shape index (κ3) is 4.18. The van der Waals surface area contributed by atoms with Gasteiger partial charge in [0.15, 0.2) is 5.96 Å². The van der Waals surface area contributed by atoms with E-state index >= 15 is 0 Å². The Morgan fingerprint density at radius 1 is 1.00 bits per heavy atom. The number of rotatable bonds is 4. The van der Waals surface area contributed by atoms with Crippen molar-refractivity contribution in [3.63, 3.8) is 0 Å². The van der Waals surface area contributed by atoms with E-state index in [0.29, 0.717) is 6.54 Å². The van der Waals surface area contributed by atoms with Gasteiger partial charge >= 0.3 is 0 Å². The molecule has 0 bridgehead atoms. The molecule has 1 aliphatic heterocycles. The fraction of sp³-hybridized carbons (Fsp3) is 0.350. The molecule has 1 fully saturated rings. The largest absolute Gasteiger partial charge is 0.352 e. The minimum Gasteiger partial charge on any atom is -0.352 e. The molecule has 0 amide bonds. The maximum absolute atomic E-state index is 4.55. The van der Waals surface area contributed by atoms with E-state index in [1.807, 2.05) is 36.9 Å². The summed E-state index contributed by atoms with van der Waals surface area (Å²) >= 11 is 0. The molecule has 3 aromatic heterocycles. The highest BCUT2D eigenvalue weighted by atomic mass is 15.4. The van der Waals surface area contributed by atoms with E-state index < -0.39 is 0 Å². The lowest BCUT2D eigenvalue weighted by atomic mass is 10.2. The summed E-state index contributed by atoms with van der Waals surface area (Å²) in [5.74, 6) is 3.46. The Morgan fingerprint density at radius 3 is 2.45 bits per heavy atom. The normalized spacial score (nSPS) is 14.9. The Labute approximate surface area is 170 Å². The van der Waals surface area contributed by atoms with Crippen molar-refractivity contribution < 1.29 is 0 Å². The first-order chi connectivity index (χ1) is 14.3. The molecule has 1 aliphatic rings. The number of hydrogen-bond donors (Lipinski definition) is 1.